The fraction of sp³-hybridized carbons (Fsp3) is 0.368. The Hall–Kier alpha value is -2.32. The largest absolute Gasteiger partial charge is 0.479 e. The first-order chi connectivity index (χ1) is 13.9. The van der Waals surface area contributed by atoms with Crippen LogP contribution in [0.3, 0.4) is 0 Å². The van der Waals surface area contributed by atoms with Crippen molar-refractivity contribution >= 4 is 40.5 Å². The van der Waals surface area contributed by atoms with Crippen LogP contribution in [0.1, 0.15) is 36.0 Å². The molecule has 2 heterocycles. The molecule has 1 spiro atoms. The van der Waals surface area contributed by atoms with Crippen molar-refractivity contribution < 1.29 is 23.0 Å². The molecule has 1 aliphatic heterocycles. The molecule has 0 unspecified atom stereocenters. The van der Waals surface area contributed by atoms with Crippen molar-refractivity contribution in [1.29, 1.82) is 0 Å². The maximum Gasteiger partial charge on any atom is 0.387 e. The summed E-state index contributed by atoms with van der Waals surface area (Å²) in [4.78, 5) is 16.7. The summed E-state index contributed by atoms with van der Waals surface area (Å²) in [6.45, 7) is -2.55. The van der Waals surface area contributed by atoms with Gasteiger partial charge in [-0.05, 0) is 37.8 Å². The van der Waals surface area contributed by atoms with Crippen LogP contribution in [0, 0.1) is 0 Å². The number of hydrogen-bond acceptors (Lipinski definition) is 5. The molecule has 0 radical (unpaired) electrons. The Labute approximate surface area is 175 Å². The van der Waals surface area contributed by atoms with Gasteiger partial charge in [-0.2, -0.15) is 8.78 Å². The quantitative estimate of drug-likeness (QED) is 0.665. The first-order valence-electron chi connectivity index (χ1n) is 9.04. The van der Waals surface area contributed by atoms with E-state index in [0.717, 1.165) is 25.7 Å². The van der Waals surface area contributed by atoms with Crippen LogP contribution in [0.25, 0.3) is 0 Å². The number of hydrogen-bond donors (Lipinski definition) is 2. The summed E-state index contributed by atoms with van der Waals surface area (Å²) in [5.41, 5.74) is 0.205. The first kappa shape index (κ1) is 20.0. The third-order valence-corrected chi connectivity index (χ3v) is 5.67. The van der Waals surface area contributed by atoms with Gasteiger partial charge in [0.05, 0.1) is 33.5 Å². The van der Waals surface area contributed by atoms with Gasteiger partial charge in [0.2, 0.25) is 0 Å². The lowest BCUT2D eigenvalue weighted by atomic mass is 9.98. The summed E-state index contributed by atoms with van der Waals surface area (Å²) >= 11 is 12.1. The maximum atomic E-state index is 12.9. The second-order valence-electron chi connectivity index (χ2n) is 6.97. The fourth-order valence-electron chi connectivity index (χ4n) is 3.73. The highest BCUT2D eigenvalue weighted by atomic mass is 35.5. The molecule has 6 nitrogen and oxygen atoms in total. The molecule has 1 saturated carbocycles. The van der Waals surface area contributed by atoms with E-state index in [-0.39, 0.29) is 32.8 Å². The van der Waals surface area contributed by atoms with Gasteiger partial charge in [-0.3, -0.25) is 9.78 Å². The van der Waals surface area contributed by atoms with Crippen molar-refractivity contribution in [3.05, 3.63) is 40.1 Å². The molecular weight excluding hydrogens is 427 g/mol. The predicted octanol–water partition coefficient (Wildman–Crippen LogP) is 5.36. The molecule has 1 aromatic carbocycles. The van der Waals surface area contributed by atoms with Gasteiger partial charge < -0.3 is 20.1 Å². The fourth-order valence-corrected chi connectivity index (χ4v) is 4.19. The Bertz CT molecular complexity index is 932. The highest BCUT2D eigenvalue weighted by molar-refractivity contribution is 6.39. The van der Waals surface area contributed by atoms with E-state index in [4.69, 9.17) is 27.9 Å². The number of nitrogens with one attached hydrogen (secondary N) is 2. The van der Waals surface area contributed by atoms with E-state index in [1.54, 1.807) is 0 Å². The molecule has 29 heavy (non-hydrogen) atoms. The Kier molecular flexibility index (Phi) is 5.40. The second-order valence-corrected chi connectivity index (χ2v) is 7.79. The summed E-state index contributed by atoms with van der Waals surface area (Å²) in [5, 5.41) is 6.17. The molecule has 0 atom stereocenters. The number of rotatable bonds is 4. The molecule has 10 heteroatoms. The van der Waals surface area contributed by atoms with Crippen LogP contribution < -0.4 is 20.1 Å². The lowest BCUT2D eigenvalue weighted by Crippen LogP contribution is -2.44. The molecular formula is C19H17Cl2F2N3O3. The van der Waals surface area contributed by atoms with Crippen molar-refractivity contribution in [3.63, 3.8) is 0 Å². The zero-order valence-electron chi connectivity index (χ0n) is 15.1. The molecule has 1 aliphatic carbocycles. The molecule has 154 valence electrons. The van der Waals surface area contributed by atoms with Crippen molar-refractivity contribution in [2.75, 3.05) is 17.2 Å². The van der Waals surface area contributed by atoms with E-state index >= 15 is 0 Å². The molecule has 2 N–H and O–H groups in total. The summed E-state index contributed by atoms with van der Waals surface area (Å²) < 4.78 is 36.5. The topological polar surface area (TPSA) is 72.5 Å². The van der Waals surface area contributed by atoms with Crippen LogP contribution in [-0.4, -0.2) is 29.6 Å². The summed E-state index contributed by atoms with van der Waals surface area (Å²) in [7, 11) is 0. The van der Waals surface area contributed by atoms with E-state index in [2.05, 4.69) is 20.4 Å². The van der Waals surface area contributed by atoms with Crippen LogP contribution in [-0.2, 0) is 0 Å². The lowest BCUT2D eigenvalue weighted by molar-refractivity contribution is -0.0537. The van der Waals surface area contributed by atoms with Gasteiger partial charge in [0, 0.05) is 12.4 Å². The Morgan fingerprint density at radius 3 is 2.59 bits per heavy atom. The Morgan fingerprint density at radius 1 is 1.24 bits per heavy atom. The van der Waals surface area contributed by atoms with Gasteiger partial charge in [0.1, 0.15) is 5.60 Å². The first-order valence-corrected chi connectivity index (χ1v) is 9.79. The second kappa shape index (κ2) is 7.84. The third-order valence-electron chi connectivity index (χ3n) is 5.09. The van der Waals surface area contributed by atoms with E-state index in [1.165, 1.54) is 24.5 Å². The maximum absolute atomic E-state index is 12.9. The summed E-state index contributed by atoms with van der Waals surface area (Å²) in [6.07, 6.45) is 6.27. The third kappa shape index (κ3) is 3.91. The lowest BCUT2D eigenvalue weighted by Gasteiger charge is -2.37. The number of nitrogens with zero attached hydrogens (tertiary/aromatic N) is 1. The van der Waals surface area contributed by atoms with E-state index in [9.17, 15) is 13.6 Å². The highest BCUT2D eigenvalue weighted by Gasteiger charge is 2.41. The van der Waals surface area contributed by atoms with E-state index < -0.39 is 18.1 Å². The predicted molar refractivity (Wildman–Crippen MR) is 106 cm³/mol. The molecule has 2 aliphatic rings. The van der Waals surface area contributed by atoms with Gasteiger partial charge in [-0.25, -0.2) is 0 Å². The zero-order valence-corrected chi connectivity index (χ0v) is 16.6. The standard InChI is InChI=1S/C19H17Cl2F2N3O3/c20-11-7-24-8-12(21)15(11)26-17(27)10-3-4-13(28-18(22)23)16-14(10)25-9-19(29-16)5-1-2-6-19/h3-4,7-8,18,25H,1-2,5-6,9H2,(H,24,26,27). The molecule has 1 fully saturated rings. The number of amides is 1. The number of carbonyl (C=O) groups excluding carboxylic acids is 1. The van der Waals surface area contributed by atoms with Gasteiger partial charge in [-0.1, -0.05) is 23.2 Å². The molecule has 0 saturated heterocycles. The van der Waals surface area contributed by atoms with Gasteiger partial charge in [0.25, 0.3) is 5.91 Å². The average Bonchev–Trinajstić information content (AvgIpc) is 3.12. The SMILES string of the molecule is O=C(Nc1c(Cl)cncc1Cl)c1ccc(OC(F)F)c2c1NCC1(CCCC1)O2. The van der Waals surface area contributed by atoms with Crippen molar-refractivity contribution in [1.82, 2.24) is 4.98 Å². The number of ether oxygens (including phenoxy) is 2. The van der Waals surface area contributed by atoms with Gasteiger partial charge in [-0.15, -0.1) is 0 Å². The monoisotopic (exact) mass is 443 g/mol. The molecule has 0 bridgehead atoms. The van der Waals surface area contributed by atoms with Crippen LogP contribution in [0.4, 0.5) is 20.2 Å². The van der Waals surface area contributed by atoms with Crippen molar-refractivity contribution in [2.24, 2.45) is 0 Å². The van der Waals surface area contributed by atoms with Crippen LogP contribution >= 0.6 is 23.2 Å². The molecule has 1 aromatic heterocycles. The number of carbonyl (C=O) groups is 1. The van der Waals surface area contributed by atoms with Gasteiger partial charge in [0.15, 0.2) is 11.5 Å². The number of pyridine rings is 1. The highest BCUT2D eigenvalue weighted by Crippen LogP contribution is 2.48. The summed E-state index contributed by atoms with van der Waals surface area (Å²) in [6, 6.07) is 2.68. The number of anilines is 2. The minimum atomic E-state index is -3.02. The Morgan fingerprint density at radius 2 is 1.93 bits per heavy atom. The number of alkyl halides is 2. The van der Waals surface area contributed by atoms with Crippen LogP contribution in [0.2, 0.25) is 10.0 Å². The zero-order chi connectivity index (χ0) is 20.6. The van der Waals surface area contributed by atoms with Crippen molar-refractivity contribution in [3.8, 4) is 11.5 Å². The van der Waals surface area contributed by atoms with Gasteiger partial charge >= 0.3 is 6.61 Å². The van der Waals surface area contributed by atoms with Crippen LogP contribution in [0.15, 0.2) is 24.5 Å². The number of fused-ring (bicyclic) bond motifs is 1. The average molecular weight is 444 g/mol. The molecule has 2 aromatic rings. The molecule has 4 rings (SSSR count). The van der Waals surface area contributed by atoms with Crippen molar-refractivity contribution in [2.45, 2.75) is 37.9 Å². The number of aromatic nitrogens is 1. The van der Waals surface area contributed by atoms with E-state index in [0.29, 0.717) is 12.2 Å². The van der Waals surface area contributed by atoms with Crippen LogP contribution in [0.5, 0.6) is 11.5 Å². The normalized spacial score (nSPS) is 16.9. The Balaban J connectivity index is 1.70. The minimum Gasteiger partial charge on any atom is -0.479 e. The number of benzene rings is 1. The molecule has 1 amide bonds. The summed E-state index contributed by atoms with van der Waals surface area (Å²) in [5.74, 6) is -0.540. The minimum absolute atomic E-state index is 0.109. The van der Waals surface area contributed by atoms with E-state index in [1.807, 2.05) is 0 Å². The number of halogens is 4. The smallest absolute Gasteiger partial charge is 0.387 e.